The van der Waals surface area contributed by atoms with Crippen LogP contribution in [0.25, 0.3) is 0 Å². The second-order valence-electron chi connectivity index (χ2n) is 6.44. The molecule has 2 aliphatic rings. The fraction of sp³-hybridized carbons (Fsp3) is 0.765. The summed E-state index contributed by atoms with van der Waals surface area (Å²) in [6, 6.07) is -0.791. The van der Waals surface area contributed by atoms with Crippen LogP contribution in [0.3, 0.4) is 0 Å². The second-order valence-corrected chi connectivity index (χ2v) is 6.44. The molecule has 0 N–H and O–H groups in total. The van der Waals surface area contributed by atoms with Gasteiger partial charge in [-0.05, 0) is 32.6 Å². The molecule has 6 heteroatoms. The van der Waals surface area contributed by atoms with Crippen molar-refractivity contribution in [1.29, 1.82) is 0 Å². The van der Waals surface area contributed by atoms with E-state index < -0.39 is 6.04 Å². The third-order valence-electron chi connectivity index (χ3n) is 4.88. The molecule has 0 aromatic heterocycles. The van der Waals surface area contributed by atoms with Crippen molar-refractivity contribution >= 4 is 23.4 Å². The molecule has 2 heterocycles. The number of carbonyl (C=O) groups excluding carboxylic acids is 4. The van der Waals surface area contributed by atoms with Gasteiger partial charge in [-0.3, -0.25) is 19.2 Å². The van der Waals surface area contributed by atoms with E-state index in [0.29, 0.717) is 32.4 Å². The lowest BCUT2D eigenvalue weighted by Crippen LogP contribution is -2.50. The molecule has 0 aliphatic carbocycles. The van der Waals surface area contributed by atoms with Crippen LogP contribution in [0.5, 0.6) is 0 Å². The lowest BCUT2D eigenvalue weighted by molar-refractivity contribution is -0.146. The number of hydrogen-bond acceptors (Lipinski definition) is 4. The summed E-state index contributed by atoms with van der Waals surface area (Å²) >= 11 is 0. The van der Waals surface area contributed by atoms with Crippen LogP contribution in [0.15, 0.2) is 0 Å². The van der Waals surface area contributed by atoms with Crippen LogP contribution in [0.1, 0.15) is 58.8 Å². The maximum absolute atomic E-state index is 12.8. The quantitative estimate of drug-likeness (QED) is 0.739. The highest BCUT2D eigenvalue weighted by molar-refractivity contribution is 5.93. The number of rotatable bonds is 6. The van der Waals surface area contributed by atoms with Gasteiger partial charge in [0.25, 0.3) is 0 Å². The third-order valence-corrected chi connectivity index (χ3v) is 4.88. The smallest absolute Gasteiger partial charge is 0.245 e. The Hall–Kier alpha value is -1.72. The first-order chi connectivity index (χ1) is 11.0. The van der Waals surface area contributed by atoms with Gasteiger partial charge in [-0.1, -0.05) is 6.92 Å². The largest absolute Gasteiger partial charge is 0.331 e. The highest BCUT2D eigenvalue weighted by atomic mass is 16.2. The van der Waals surface area contributed by atoms with E-state index in [4.69, 9.17) is 0 Å². The fourth-order valence-corrected chi connectivity index (χ4v) is 3.53. The van der Waals surface area contributed by atoms with E-state index in [1.807, 2.05) is 0 Å². The zero-order valence-corrected chi connectivity index (χ0v) is 14.0. The van der Waals surface area contributed by atoms with Crippen molar-refractivity contribution in [3.05, 3.63) is 0 Å². The predicted octanol–water partition coefficient (Wildman–Crippen LogP) is 1.32. The Kier molecular flexibility index (Phi) is 5.91. The van der Waals surface area contributed by atoms with Gasteiger partial charge in [0.05, 0.1) is 6.04 Å². The maximum atomic E-state index is 12.8. The van der Waals surface area contributed by atoms with E-state index in [1.165, 1.54) is 6.92 Å². The van der Waals surface area contributed by atoms with E-state index in [2.05, 4.69) is 0 Å². The summed E-state index contributed by atoms with van der Waals surface area (Å²) in [6.45, 7) is 4.46. The topological polar surface area (TPSA) is 74.8 Å². The Morgan fingerprint density at radius 2 is 1.52 bits per heavy atom. The normalized spacial score (nSPS) is 24.1. The highest BCUT2D eigenvalue weighted by Gasteiger charge is 2.40. The maximum Gasteiger partial charge on any atom is 0.245 e. The van der Waals surface area contributed by atoms with Crippen molar-refractivity contribution in [1.82, 2.24) is 9.80 Å². The first-order valence-electron chi connectivity index (χ1n) is 8.57. The molecule has 0 spiro atoms. The van der Waals surface area contributed by atoms with E-state index >= 15 is 0 Å². The van der Waals surface area contributed by atoms with Crippen molar-refractivity contribution in [2.75, 3.05) is 13.1 Å². The molecule has 0 radical (unpaired) electrons. The first kappa shape index (κ1) is 17.6. The summed E-state index contributed by atoms with van der Waals surface area (Å²) < 4.78 is 0. The Morgan fingerprint density at radius 3 is 2.13 bits per heavy atom. The molecule has 2 aliphatic heterocycles. The number of amides is 2. The summed E-state index contributed by atoms with van der Waals surface area (Å²) in [5.41, 5.74) is 0. The molecular formula is C17H26N2O4. The molecule has 128 valence electrons. The molecular weight excluding hydrogens is 296 g/mol. The monoisotopic (exact) mass is 322 g/mol. The van der Waals surface area contributed by atoms with Gasteiger partial charge in [-0.25, -0.2) is 0 Å². The molecule has 2 atom stereocenters. The number of Topliss-reactive ketones (excluding diaryl/α,β-unsaturated/α-hetero) is 2. The van der Waals surface area contributed by atoms with Gasteiger partial charge >= 0.3 is 0 Å². The Morgan fingerprint density at radius 1 is 0.913 bits per heavy atom. The zero-order chi connectivity index (χ0) is 17.0. The average Bonchev–Trinajstić information content (AvgIpc) is 3.19. The van der Waals surface area contributed by atoms with Crippen LogP contribution in [-0.2, 0) is 19.2 Å². The van der Waals surface area contributed by atoms with Crippen LogP contribution in [0, 0.1) is 0 Å². The van der Waals surface area contributed by atoms with Gasteiger partial charge in [0.15, 0.2) is 5.78 Å². The number of carbonyl (C=O) groups is 4. The summed E-state index contributed by atoms with van der Waals surface area (Å²) in [6.07, 6.45) is 3.84. The molecule has 0 bridgehead atoms. The molecule has 0 saturated carbocycles. The van der Waals surface area contributed by atoms with Crippen LogP contribution in [0.2, 0.25) is 0 Å². The van der Waals surface area contributed by atoms with Gasteiger partial charge < -0.3 is 9.80 Å². The third kappa shape index (κ3) is 3.98. The van der Waals surface area contributed by atoms with Crippen LogP contribution < -0.4 is 0 Å². The number of ketones is 2. The summed E-state index contributed by atoms with van der Waals surface area (Å²) in [5.74, 6) is -0.145. The summed E-state index contributed by atoms with van der Waals surface area (Å²) in [5, 5.41) is 0. The van der Waals surface area contributed by atoms with E-state index in [0.717, 1.165) is 12.8 Å². The molecule has 2 saturated heterocycles. The van der Waals surface area contributed by atoms with Crippen molar-refractivity contribution in [2.24, 2.45) is 0 Å². The predicted molar refractivity (Wildman–Crippen MR) is 84.7 cm³/mol. The van der Waals surface area contributed by atoms with Gasteiger partial charge in [0.1, 0.15) is 11.8 Å². The summed E-state index contributed by atoms with van der Waals surface area (Å²) in [4.78, 5) is 51.5. The Balaban J connectivity index is 2.00. The Bertz CT molecular complexity index is 503. The van der Waals surface area contributed by atoms with E-state index in [-0.39, 0.29) is 42.3 Å². The molecule has 6 nitrogen and oxygen atoms in total. The average molecular weight is 322 g/mol. The summed E-state index contributed by atoms with van der Waals surface area (Å²) in [7, 11) is 0. The van der Waals surface area contributed by atoms with Crippen molar-refractivity contribution < 1.29 is 19.2 Å². The van der Waals surface area contributed by atoms with Gasteiger partial charge in [0.2, 0.25) is 11.8 Å². The molecule has 2 rings (SSSR count). The molecule has 2 fully saturated rings. The van der Waals surface area contributed by atoms with Crippen LogP contribution in [-0.4, -0.2) is 58.4 Å². The minimum atomic E-state index is -0.459. The minimum Gasteiger partial charge on any atom is -0.331 e. The number of likely N-dealkylation sites (tertiary alicyclic amines) is 2. The number of hydrogen-bond donors (Lipinski definition) is 0. The molecule has 2 amide bonds. The highest BCUT2D eigenvalue weighted by Crippen LogP contribution is 2.25. The van der Waals surface area contributed by atoms with Crippen LogP contribution >= 0.6 is 0 Å². The zero-order valence-electron chi connectivity index (χ0n) is 14.0. The van der Waals surface area contributed by atoms with Crippen molar-refractivity contribution in [2.45, 2.75) is 70.9 Å². The molecule has 0 unspecified atom stereocenters. The van der Waals surface area contributed by atoms with Crippen LogP contribution in [0.4, 0.5) is 0 Å². The lowest BCUT2D eigenvalue weighted by Gasteiger charge is -2.30. The standard InChI is InChI=1S/C17H26N2O4/c1-3-13(21)8-9-16(22)18-10-5-7-15(18)17(23)19-11-4-6-14(19)12(2)20/h14-15H,3-11H2,1-2H3/t14-,15-/m0/s1. The second kappa shape index (κ2) is 7.70. The van der Waals surface area contributed by atoms with Gasteiger partial charge in [-0.15, -0.1) is 0 Å². The number of nitrogens with zero attached hydrogens (tertiary/aromatic N) is 2. The molecule has 0 aromatic carbocycles. The fourth-order valence-electron chi connectivity index (χ4n) is 3.53. The van der Waals surface area contributed by atoms with E-state index in [9.17, 15) is 19.2 Å². The van der Waals surface area contributed by atoms with Crippen molar-refractivity contribution in [3.63, 3.8) is 0 Å². The van der Waals surface area contributed by atoms with Gasteiger partial charge in [-0.2, -0.15) is 0 Å². The van der Waals surface area contributed by atoms with Crippen molar-refractivity contribution in [3.8, 4) is 0 Å². The SMILES string of the molecule is CCC(=O)CCC(=O)N1CCC[C@H]1C(=O)N1CCC[C@H]1C(C)=O. The van der Waals surface area contributed by atoms with Gasteiger partial charge in [0, 0.05) is 32.4 Å². The lowest BCUT2D eigenvalue weighted by atomic mass is 10.1. The van der Waals surface area contributed by atoms with E-state index in [1.54, 1.807) is 16.7 Å². The Labute approximate surface area is 137 Å². The first-order valence-corrected chi connectivity index (χ1v) is 8.57. The minimum absolute atomic E-state index is 0.0141. The molecule has 23 heavy (non-hydrogen) atoms. The molecule has 0 aromatic rings.